The maximum atomic E-state index is 11.3. The first-order chi connectivity index (χ1) is 7.93. The van der Waals surface area contributed by atoms with Crippen molar-refractivity contribution in [2.45, 2.75) is 17.7 Å². The average molecular weight is 252 g/mol. The van der Waals surface area contributed by atoms with Gasteiger partial charge in [0, 0.05) is 18.5 Å². The fraction of sp³-hybridized carbons (Fsp3) is 0.182. The van der Waals surface area contributed by atoms with Crippen molar-refractivity contribution in [1.29, 1.82) is 0 Å². The van der Waals surface area contributed by atoms with E-state index in [1.54, 1.807) is 0 Å². The average Bonchev–Trinajstić information content (AvgIpc) is 2.26. The molecule has 0 aromatic heterocycles. The normalized spacial score (nSPS) is 10.6. The first-order valence-corrected chi connectivity index (χ1v) is 6.34. The van der Waals surface area contributed by atoms with Crippen LogP contribution in [0.1, 0.15) is 12.8 Å². The highest BCUT2D eigenvalue weighted by Gasteiger charge is 2.07. The summed E-state index contributed by atoms with van der Waals surface area (Å²) in [7, 11) is -3.70. The standard InChI is InChI=1S/C11H12N2O3S/c1-2-3-4-11(14)13-9-5-7-10(8-6-9)17(12,15)16/h1,5-8H,3-4H2,(H,13,14)(H2,12,15,16). The predicted octanol–water partition coefficient (Wildman–Crippen LogP) is 0.686. The second kappa shape index (κ2) is 5.48. The molecule has 0 radical (unpaired) electrons. The molecule has 0 aliphatic rings. The summed E-state index contributed by atoms with van der Waals surface area (Å²) in [6, 6.07) is 5.58. The summed E-state index contributed by atoms with van der Waals surface area (Å²) < 4.78 is 22.0. The highest BCUT2D eigenvalue weighted by molar-refractivity contribution is 7.89. The van der Waals surface area contributed by atoms with Crippen molar-refractivity contribution in [3.8, 4) is 12.3 Å². The van der Waals surface area contributed by atoms with Gasteiger partial charge in [0.25, 0.3) is 0 Å². The van der Waals surface area contributed by atoms with E-state index in [-0.39, 0.29) is 17.2 Å². The van der Waals surface area contributed by atoms with E-state index >= 15 is 0 Å². The van der Waals surface area contributed by atoms with Gasteiger partial charge in [-0.15, -0.1) is 12.3 Å². The van der Waals surface area contributed by atoms with Crippen LogP contribution in [0.2, 0.25) is 0 Å². The number of carbonyl (C=O) groups excluding carboxylic acids is 1. The van der Waals surface area contributed by atoms with Crippen molar-refractivity contribution in [2.24, 2.45) is 5.14 Å². The number of hydrogen-bond acceptors (Lipinski definition) is 3. The number of anilines is 1. The molecule has 6 heteroatoms. The molecule has 0 saturated heterocycles. The van der Waals surface area contributed by atoms with Gasteiger partial charge >= 0.3 is 0 Å². The molecular weight excluding hydrogens is 240 g/mol. The van der Waals surface area contributed by atoms with E-state index in [0.29, 0.717) is 12.1 Å². The van der Waals surface area contributed by atoms with Crippen LogP contribution < -0.4 is 10.5 Å². The molecule has 0 bridgehead atoms. The van der Waals surface area contributed by atoms with Crippen LogP contribution >= 0.6 is 0 Å². The highest BCUT2D eigenvalue weighted by Crippen LogP contribution is 2.12. The zero-order valence-corrected chi connectivity index (χ0v) is 9.83. The smallest absolute Gasteiger partial charge is 0.238 e. The van der Waals surface area contributed by atoms with Crippen molar-refractivity contribution in [1.82, 2.24) is 0 Å². The van der Waals surface area contributed by atoms with Crippen LogP contribution in [0.4, 0.5) is 5.69 Å². The van der Waals surface area contributed by atoms with Crippen LogP contribution in [0.3, 0.4) is 0 Å². The Kier molecular flexibility index (Phi) is 4.26. The fourth-order valence-electron chi connectivity index (χ4n) is 1.14. The highest BCUT2D eigenvalue weighted by atomic mass is 32.2. The first kappa shape index (κ1) is 13.2. The van der Waals surface area contributed by atoms with Gasteiger partial charge in [-0.1, -0.05) is 0 Å². The van der Waals surface area contributed by atoms with Crippen molar-refractivity contribution < 1.29 is 13.2 Å². The Bertz CT molecular complexity index is 541. The van der Waals surface area contributed by atoms with Crippen LogP contribution in [0.25, 0.3) is 0 Å². The van der Waals surface area contributed by atoms with Gasteiger partial charge in [-0.2, -0.15) is 0 Å². The minimum atomic E-state index is -3.70. The molecule has 3 N–H and O–H groups in total. The zero-order valence-electron chi connectivity index (χ0n) is 9.01. The summed E-state index contributed by atoms with van der Waals surface area (Å²) in [5.41, 5.74) is 0.499. The van der Waals surface area contributed by atoms with E-state index in [1.807, 2.05) is 0 Å². The number of rotatable bonds is 4. The van der Waals surface area contributed by atoms with Crippen molar-refractivity contribution in [3.63, 3.8) is 0 Å². The van der Waals surface area contributed by atoms with Gasteiger partial charge in [-0.25, -0.2) is 13.6 Å². The lowest BCUT2D eigenvalue weighted by Gasteiger charge is -2.04. The molecule has 0 spiro atoms. The molecule has 5 nitrogen and oxygen atoms in total. The number of amides is 1. The minimum Gasteiger partial charge on any atom is -0.326 e. The fourth-order valence-corrected chi connectivity index (χ4v) is 1.65. The number of sulfonamides is 1. The van der Waals surface area contributed by atoms with Gasteiger partial charge in [0.15, 0.2) is 0 Å². The lowest BCUT2D eigenvalue weighted by Crippen LogP contribution is -2.13. The van der Waals surface area contributed by atoms with E-state index in [4.69, 9.17) is 11.6 Å². The number of nitrogens with two attached hydrogens (primary N) is 1. The van der Waals surface area contributed by atoms with E-state index < -0.39 is 10.0 Å². The van der Waals surface area contributed by atoms with Gasteiger partial charge in [0.1, 0.15) is 0 Å². The summed E-state index contributed by atoms with van der Waals surface area (Å²) in [6.07, 6.45) is 5.62. The van der Waals surface area contributed by atoms with Gasteiger partial charge < -0.3 is 5.32 Å². The lowest BCUT2D eigenvalue weighted by molar-refractivity contribution is -0.116. The maximum Gasteiger partial charge on any atom is 0.238 e. The van der Waals surface area contributed by atoms with E-state index in [1.165, 1.54) is 24.3 Å². The van der Waals surface area contributed by atoms with E-state index in [2.05, 4.69) is 11.2 Å². The Morgan fingerprint density at radius 2 is 1.94 bits per heavy atom. The third kappa shape index (κ3) is 4.26. The Labute approximate surface area is 100 Å². The molecule has 0 unspecified atom stereocenters. The quantitative estimate of drug-likeness (QED) is 0.772. The molecule has 0 atom stereocenters. The Morgan fingerprint density at radius 1 is 1.35 bits per heavy atom. The minimum absolute atomic E-state index is 0.000811. The summed E-state index contributed by atoms with van der Waals surface area (Å²) in [5.74, 6) is 2.14. The lowest BCUT2D eigenvalue weighted by atomic mass is 10.2. The Balaban J connectivity index is 2.70. The van der Waals surface area contributed by atoms with Gasteiger partial charge in [-0.05, 0) is 24.3 Å². The molecule has 1 aromatic rings. The molecule has 90 valence electrons. The molecule has 0 heterocycles. The topological polar surface area (TPSA) is 89.3 Å². The first-order valence-electron chi connectivity index (χ1n) is 4.79. The van der Waals surface area contributed by atoms with E-state index in [9.17, 15) is 13.2 Å². The van der Waals surface area contributed by atoms with Crippen LogP contribution in [-0.4, -0.2) is 14.3 Å². The molecule has 1 rings (SSSR count). The van der Waals surface area contributed by atoms with Crippen molar-refractivity contribution >= 4 is 21.6 Å². The molecule has 1 aromatic carbocycles. The zero-order chi connectivity index (χ0) is 12.9. The molecule has 17 heavy (non-hydrogen) atoms. The van der Waals surface area contributed by atoms with E-state index in [0.717, 1.165) is 0 Å². The van der Waals surface area contributed by atoms with Crippen LogP contribution in [-0.2, 0) is 14.8 Å². The molecule has 0 aliphatic heterocycles. The van der Waals surface area contributed by atoms with Gasteiger partial charge in [-0.3, -0.25) is 4.79 Å². The summed E-state index contributed by atoms with van der Waals surface area (Å²) in [6.45, 7) is 0. The Hall–Kier alpha value is -1.84. The Morgan fingerprint density at radius 3 is 2.41 bits per heavy atom. The number of carbonyl (C=O) groups is 1. The molecular formula is C11H12N2O3S. The molecule has 0 fully saturated rings. The number of primary sulfonamides is 1. The van der Waals surface area contributed by atoms with Crippen molar-refractivity contribution in [2.75, 3.05) is 5.32 Å². The second-order valence-electron chi connectivity index (χ2n) is 3.32. The largest absolute Gasteiger partial charge is 0.326 e. The monoisotopic (exact) mass is 252 g/mol. The molecule has 0 aliphatic carbocycles. The summed E-state index contributed by atoms with van der Waals surface area (Å²) in [4.78, 5) is 11.3. The number of nitrogens with one attached hydrogen (secondary N) is 1. The number of hydrogen-bond donors (Lipinski definition) is 2. The maximum absolute atomic E-state index is 11.3. The SMILES string of the molecule is C#CCCC(=O)Nc1ccc(S(N)(=O)=O)cc1. The van der Waals surface area contributed by atoms with Crippen LogP contribution in [0.5, 0.6) is 0 Å². The molecule has 0 saturated carbocycles. The van der Waals surface area contributed by atoms with Gasteiger partial charge in [0.2, 0.25) is 15.9 Å². The third-order valence-electron chi connectivity index (χ3n) is 1.96. The molecule has 1 amide bonds. The number of terminal acetylenes is 1. The summed E-state index contributed by atoms with van der Waals surface area (Å²) >= 11 is 0. The van der Waals surface area contributed by atoms with Gasteiger partial charge in [0.05, 0.1) is 4.90 Å². The second-order valence-corrected chi connectivity index (χ2v) is 4.88. The number of benzene rings is 1. The van der Waals surface area contributed by atoms with Crippen LogP contribution in [0.15, 0.2) is 29.2 Å². The third-order valence-corrected chi connectivity index (χ3v) is 2.89. The van der Waals surface area contributed by atoms with Crippen molar-refractivity contribution in [3.05, 3.63) is 24.3 Å². The van der Waals surface area contributed by atoms with Crippen LogP contribution in [0, 0.1) is 12.3 Å². The predicted molar refractivity (Wildman–Crippen MR) is 64.5 cm³/mol. The summed E-state index contributed by atoms with van der Waals surface area (Å²) in [5, 5.41) is 7.52.